The highest BCUT2D eigenvalue weighted by Crippen LogP contribution is 2.27. The van der Waals surface area contributed by atoms with Crippen LogP contribution < -0.4 is 15.8 Å². The van der Waals surface area contributed by atoms with Crippen molar-refractivity contribution in [3.05, 3.63) is 42.1 Å². The highest BCUT2D eigenvalue weighted by molar-refractivity contribution is 5.86. The Morgan fingerprint density at radius 3 is 2.29 bits per heavy atom. The van der Waals surface area contributed by atoms with Gasteiger partial charge in [0.05, 0.1) is 19.3 Å². The molecule has 0 radical (unpaired) electrons. The second-order valence-corrected chi connectivity index (χ2v) is 9.50. The Kier molecular flexibility index (Phi) is 11.7. The van der Waals surface area contributed by atoms with Gasteiger partial charge in [-0.1, -0.05) is 26.8 Å². The molecule has 0 aliphatic carbocycles. The summed E-state index contributed by atoms with van der Waals surface area (Å²) in [7, 11) is 1.29. The molecule has 1 unspecified atom stereocenters. The summed E-state index contributed by atoms with van der Waals surface area (Å²) >= 11 is 0. The molecular formula is C26H37N3O6. The van der Waals surface area contributed by atoms with Crippen molar-refractivity contribution < 1.29 is 28.6 Å². The van der Waals surface area contributed by atoms with Gasteiger partial charge in [0, 0.05) is 6.20 Å². The van der Waals surface area contributed by atoms with Crippen molar-refractivity contribution in [1.82, 2.24) is 4.98 Å². The molecule has 192 valence electrons. The number of pyridine rings is 1. The second-order valence-electron chi connectivity index (χ2n) is 9.50. The Bertz CT molecular complexity index is 985. The zero-order chi connectivity index (χ0) is 26.6. The minimum absolute atomic E-state index is 0.370. The van der Waals surface area contributed by atoms with Crippen LogP contribution in [0.25, 0.3) is 11.1 Å². The van der Waals surface area contributed by atoms with E-state index in [-0.39, 0.29) is 0 Å². The Morgan fingerprint density at radius 1 is 1.11 bits per heavy atom. The molecule has 2 aromatic rings. The van der Waals surface area contributed by atoms with Crippen LogP contribution in [-0.2, 0) is 9.47 Å². The van der Waals surface area contributed by atoms with E-state index < -0.39 is 17.8 Å². The minimum Gasteiger partial charge on any atom is -0.493 e. The Balaban J connectivity index is 0.000000658. The second kappa shape index (κ2) is 13.9. The molecule has 3 N–H and O–H groups in total. The fourth-order valence-corrected chi connectivity index (χ4v) is 3.19. The predicted molar refractivity (Wildman–Crippen MR) is 136 cm³/mol. The maximum Gasteiger partial charge on any atom is 0.412 e. The fraction of sp³-hybridized carbons (Fsp3) is 0.462. The van der Waals surface area contributed by atoms with Crippen LogP contribution in [0, 0.1) is 11.8 Å². The van der Waals surface area contributed by atoms with Gasteiger partial charge >= 0.3 is 12.2 Å². The lowest BCUT2D eigenvalue weighted by atomic mass is 10.00. The van der Waals surface area contributed by atoms with Crippen LogP contribution in [0.3, 0.4) is 0 Å². The Morgan fingerprint density at radius 2 is 1.77 bits per heavy atom. The molecule has 0 aliphatic heterocycles. The van der Waals surface area contributed by atoms with E-state index in [1.807, 2.05) is 6.07 Å². The number of carbonyl (C=O) groups excluding carboxylic acids is 3. The normalized spacial score (nSPS) is 11.5. The lowest BCUT2D eigenvalue weighted by molar-refractivity contribution is 0.0599. The number of nitrogens with zero attached hydrogens (tertiary/aromatic N) is 1. The maximum atomic E-state index is 11.5. The quantitative estimate of drug-likeness (QED) is 0.458. The summed E-state index contributed by atoms with van der Waals surface area (Å²) in [6.07, 6.45) is 2.13. The van der Waals surface area contributed by atoms with Crippen LogP contribution in [0.4, 0.5) is 15.4 Å². The number of aldehydes is 1. The van der Waals surface area contributed by atoms with Crippen molar-refractivity contribution >= 4 is 24.3 Å². The van der Waals surface area contributed by atoms with E-state index in [1.165, 1.54) is 7.11 Å². The number of hydrogen-bond acceptors (Lipinski definition) is 7. The molecule has 1 heterocycles. The molecule has 1 aromatic heterocycles. The van der Waals surface area contributed by atoms with Gasteiger partial charge in [-0.3, -0.25) is 10.1 Å². The van der Waals surface area contributed by atoms with E-state index in [9.17, 15) is 14.4 Å². The zero-order valence-corrected chi connectivity index (χ0v) is 21.6. The molecular weight excluding hydrogens is 450 g/mol. The third-order valence-electron chi connectivity index (χ3n) is 4.45. The summed E-state index contributed by atoms with van der Waals surface area (Å²) < 4.78 is 15.0. The number of amides is 2. The van der Waals surface area contributed by atoms with E-state index in [2.05, 4.69) is 40.5 Å². The number of aromatic nitrogens is 1. The molecule has 0 aliphatic rings. The van der Waals surface area contributed by atoms with Gasteiger partial charge < -0.3 is 19.9 Å². The van der Waals surface area contributed by atoms with E-state index in [1.54, 1.807) is 51.2 Å². The number of nitrogens with one attached hydrogen (secondary N) is 1. The highest BCUT2D eigenvalue weighted by atomic mass is 16.6. The molecule has 9 nitrogen and oxygen atoms in total. The largest absolute Gasteiger partial charge is 0.493 e. The summed E-state index contributed by atoms with van der Waals surface area (Å²) in [5.41, 5.74) is 6.40. The molecule has 1 aromatic carbocycles. The molecule has 2 amide bonds. The average Bonchev–Trinajstić information content (AvgIpc) is 2.76. The molecule has 35 heavy (non-hydrogen) atoms. The van der Waals surface area contributed by atoms with Crippen molar-refractivity contribution in [3.8, 4) is 16.9 Å². The van der Waals surface area contributed by atoms with Gasteiger partial charge in [0.25, 0.3) is 0 Å². The van der Waals surface area contributed by atoms with Gasteiger partial charge in [-0.05, 0) is 74.4 Å². The van der Waals surface area contributed by atoms with Crippen LogP contribution in [-0.4, -0.2) is 42.8 Å². The number of benzene rings is 1. The smallest absolute Gasteiger partial charge is 0.412 e. The number of anilines is 1. The predicted octanol–water partition coefficient (Wildman–Crippen LogP) is 5.68. The first-order valence-electron chi connectivity index (χ1n) is 11.4. The third kappa shape index (κ3) is 11.9. The summed E-state index contributed by atoms with van der Waals surface area (Å²) in [4.78, 5) is 36.9. The zero-order valence-electron chi connectivity index (χ0n) is 21.6. The molecule has 9 heteroatoms. The summed E-state index contributed by atoms with van der Waals surface area (Å²) in [5.74, 6) is 1.97. The first-order valence-corrected chi connectivity index (χ1v) is 11.4. The number of rotatable bonds is 8. The fourth-order valence-electron chi connectivity index (χ4n) is 3.19. The summed E-state index contributed by atoms with van der Waals surface area (Å²) in [6.45, 7) is 12.4. The number of ether oxygens (including phenoxy) is 3. The van der Waals surface area contributed by atoms with Crippen molar-refractivity contribution in [2.45, 2.75) is 53.6 Å². The Hall–Kier alpha value is -3.62. The van der Waals surface area contributed by atoms with Crippen LogP contribution in [0.5, 0.6) is 5.75 Å². The standard InChI is InChI=1S/C21H26N2O4.C5H11NO2/c1-14(2)9-15(3)13-27-19-6-5-16(10-18(19)12-24)17-7-8-22-20(11-17)23-21(25)26-4;1-5(2,3)8-4(6)7/h5-8,10-12,14-15H,9,13H2,1-4H3,(H,22,23,25);1-3H3,(H2,6,7). The number of carbonyl (C=O) groups is 3. The van der Waals surface area contributed by atoms with Crippen molar-refractivity contribution in [2.75, 3.05) is 19.0 Å². The third-order valence-corrected chi connectivity index (χ3v) is 4.45. The molecule has 2 rings (SSSR count). The van der Waals surface area contributed by atoms with Gasteiger partial charge in [0.2, 0.25) is 0 Å². The van der Waals surface area contributed by atoms with Crippen molar-refractivity contribution in [1.29, 1.82) is 0 Å². The molecule has 0 spiro atoms. The summed E-state index contributed by atoms with van der Waals surface area (Å²) in [6, 6.07) is 8.97. The van der Waals surface area contributed by atoms with Gasteiger partial charge in [-0.15, -0.1) is 0 Å². The Labute approximate surface area is 207 Å². The SMILES string of the molecule is CC(C)(C)OC(N)=O.COC(=O)Nc1cc(-c2ccc(OCC(C)CC(C)C)c(C=O)c2)ccn1. The minimum atomic E-state index is -0.725. The van der Waals surface area contributed by atoms with Crippen LogP contribution in [0.15, 0.2) is 36.5 Å². The summed E-state index contributed by atoms with van der Waals surface area (Å²) in [5, 5.41) is 2.52. The van der Waals surface area contributed by atoms with Gasteiger partial charge in [-0.25, -0.2) is 14.6 Å². The average molecular weight is 488 g/mol. The topological polar surface area (TPSA) is 130 Å². The van der Waals surface area contributed by atoms with E-state index in [0.717, 1.165) is 23.8 Å². The van der Waals surface area contributed by atoms with E-state index in [4.69, 9.17) is 10.5 Å². The van der Waals surface area contributed by atoms with E-state index in [0.29, 0.717) is 35.6 Å². The van der Waals surface area contributed by atoms with E-state index >= 15 is 0 Å². The van der Waals surface area contributed by atoms with Gasteiger partial charge in [0.1, 0.15) is 17.2 Å². The molecule has 1 atom stereocenters. The lowest BCUT2D eigenvalue weighted by Gasteiger charge is -2.16. The number of hydrogen-bond donors (Lipinski definition) is 2. The van der Waals surface area contributed by atoms with Crippen molar-refractivity contribution in [2.24, 2.45) is 17.6 Å². The van der Waals surface area contributed by atoms with Gasteiger partial charge in [0.15, 0.2) is 6.29 Å². The molecule has 0 bridgehead atoms. The van der Waals surface area contributed by atoms with Crippen molar-refractivity contribution in [3.63, 3.8) is 0 Å². The number of methoxy groups -OCH3 is 1. The lowest BCUT2D eigenvalue weighted by Crippen LogP contribution is -2.27. The maximum absolute atomic E-state index is 11.5. The van der Waals surface area contributed by atoms with Crippen LogP contribution >= 0.6 is 0 Å². The monoisotopic (exact) mass is 487 g/mol. The first kappa shape index (κ1) is 29.4. The first-order chi connectivity index (χ1) is 16.3. The molecule has 0 saturated carbocycles. The highest BCUT2D eigenvalue weighted by Gasteiger charge is 2.13. The van der Waals surface area contributed by atoms with Gasteiger partial charge in [-0.2, -0.15) is 0 Å². The van der Waals surface area contributed by atoms with Crippen LogP contribution in [0.1, 0.15) is 58.3 Å². The number of nitrogens with two attached hydrogens (primary N) is 1. The number of primary amides is 1. The molecule has 0 saturated heterocycles. The molecule has 0 fully saturated rings. The van der Waals surface area contributed by atoms with Crippen LogP contribution in [0.2, 0.25) is 0 Å².